The average molecular weight is 162 g/mol. The molecule has 0 aromatic rings. The van der Waals surface area contributed by atoms with Gasteiger partial charge in [0, 0.05) is 5.75 Å². The maximum Gasteiger partial charge on any atom is 0.0876 e. The van der Waals surface area contributed by atoms with Gasteiger partial charge >= 0.3 is 0 Å². The number of thioether (sulfide) groups is 1. The van der Waals surface area contributed by atoms with Crippen molar-refractivity contribution in [2.45, 2.75) is 0 Å². The Bertz CT molecular complexity index is 106. The second kappa shape index (κ2) is 4.57. The Kier molecular flexibility index (Phi) is 4.47. The predicted molar refractivity (Wildman–Crippen MR) is 48.0 cm³/mol. The molecule has 10 heavy (non-hydrogen) atoms. The third kappa shape index (κ3) is 7.78. The van der Waals surface area contributed by atoms with E-state index in [1.54, 1.807) is 17.3 Å². The minimum Gasteiger partial charge on any atom is -0.330 e. The van der Waals surface area contributed by atoms with Crippen molar-refractivity contribution in [3.63, 3.8) is 0 Å². The minimum atomic E-state index is 0.991. The molecule has 0 rings (SSSR count). The Morgan fingerprint density at radius 1 is 1.50 bits per heavy atom. The molecule has 0 aliphatic carbocycles. The summed E-state index contributed by atoms with van der Waals surface area (Å²) >= 11 is 1.65. The van der Waals surface area contributed by atoms with Crippen LogP contribution in [0.2, 0.25) is 0 Å². The van der Waals surface area contributed by atoms with E-state index in [4.69, 9.17) is 5.84 Å². The van der Waals surface area contributed by atoms with Crippen molar-refractivity contribution in [1.82, 2.24) is 0 Å². The SMILES string of the molecule is C[N+](C)(C)CCSC=NN. The molecule has 0 saturated carbocycles. The number of rotatable bonds is 4. The molecule has 60 valence electrons. The van der Waals surface area contributed by atoms with Gasteiger partial charge < -0.3 is 10.3 Å². The van der Waals surface area contributed by atoms with Gasteiger partial charge in [-0.15, -0.1) is 11.8 Å². The van der Waals surface area contributed by atoms with Crippen molar-refractivity contribution in [1.29, 1.82) is 0 Å². The largest absolute Gasteiger partial charge is 0.330 e. The molecule has 4 heteroatoms. The monoisotopic (exact) mass is 162 g/mol. The summed E-state index contributed by atoms with van der Waals surface area (Å²) in [6, 6.07) is 0. The van der Waals surface area contributed by atoms with Crippen LogP contribution in [0.25, 0.3) is 0 Å². The second-order valence-corrected chi connectivity index (χ2v) is 4.09. The normalized spacial score (nSPS) is 12.7. The van der Waals surface area contributed by atoms with Crippen molar-refractivity contribution >= 4 is 17.3 Å². The van der Waals surface area contributed by atoms with E-state index in [0.717, 1.165) is 16.8 Å². The van der Waals surface area contributed by atoms with Crippen LogP contribution in [0, 0.1) is 0 Å². The van der Waals surface area contributed by atoms with Gasteiger partial charge in [-0.25, -0.2) is 0 Å². The fourth-order valence-electron chi connectivity index (χ4n) is 0.422. The van der Waals surface area contributed by atoms with E-state index in [9.17, 15) is 0 Å². The fourth-order valence-corrected chi connectivity index (χ4v) is 1.27. The lowest BCUT2D eigenvalue weighted by Crippen LogP contribution is -2.36. The number of nitrogens with two attached hydrogens (primary N) is 1. The number of quaternary nitrogens is 1. The van der Waals surface area contributed by atoms with Crippen molar-refractivity contribution in [2.24, 2.45) is 10.9 Å². The van der Waals surface area contributed by atoms with Gasteiger partial charge in [-0.05, 0) is 0 Å². The lowest BCUT2D eigenvalue weighted by molar-refractivity contribution is -0.867. The zero-order chi connectivity index (χ0) is 8.04. The van der Waals surface area contributed by atoms with Crippen LogP contribution in [0.5, 0.6) is 0 Å². The number of hydrogen-bond acceptors (Lipinski definition) is 3. The molecule has 0 unspecified atom stereocenters. The second-order valence-electron chi connectivity index (χ2n) is 3.14. The van der Waals surface area contributed by atoms with E-state index in [1.165, 1.54) is 0 Å². The van der Waals surface area contributed by atoms with Gasteiger partial charge in [-0.2, -0.15) is 5.10 Å². The first-order chi connectivity index (χ1) is 4.56. The molecule has 0 amide bonds. The van der Waals surface area contributed by atoms with Gasteiger partial charge in [0.2, 0.25) is 0 Å². The van der Waals surface area contributed by atoms with Crippen LogP contribution in [-0.4, -0.2) is 43.5 Å². The topological polar surface area (TPSA) is 38.4 Å². The summed E-state index contributed by atoms with van der Waals surface area (Å²) in [5, 5.41) is 3.39. The molecule has 0 saturated heterocycles. The molecule has 0 bridgehead atoms. The van der Waals surface area contributed by atoms with Crippen molar-refractivity contribution in [2.75, 3.05) is 33.4 Å². The van der Waals surface area contributed by atoms with Crippen LogP contribution in [0.4, 0.5) is 0 Å². The summed E-state index contributed by atoms with van der Waals surface area (Å²) in [5.41, 5.74) is 1.68. The average Bonchev–Trinajstić information content (AvgIpc) is 1.78. The molecular formula is C6H16N3S+. The zero-order valence-corrected chi connectivity index (χ0v) is 7.69. The number of hydrazone groups is 1. The molecule has 0 aliphatic heterocycles. The highest BCUT2D eigenvalue weighted by molar-refractivity contribution is 8.12. The van der Waals surface area contributed by atoms with Crippen LogP contribution in [0.1, 0.15) is 0 Å². The van der Waals surface area contributed by atoms with Crippen molar-refractivity contribution in [3.8, 4) is 0 Å². The lowest BCUT2D eigenvalue weighted by Gasteiger charge is -2.22. The molecule has 2 N–H and O–H groups in total. The number of hydrogen-bond donors (Lipinski definition) is 1. The first-order valence-corrected chi connectivity index (χ1v) is 4.25. The molecule has 3 nitrogen and oxygen atoms in total. The quantitative estimate of drug-likeness (QED) is 0.161. The summed E-state index contributed by atoms with van der Waals surface area (Å²) in [5.74, 6) is 6.00. The first-order valence-electron chi connectivity index (χ1n) is 3.20. The zero-order valence-electron chi connectivity index (χ0n) is 6.87. The Morgan fingerprint density at radius 2 is 2.10 bits per heavy atom. The standard InChI is InChI=1S/C6H16N3S/c1-9(2,3)4-5-10-6-8-7/h6H,4-5,7H2,1-3H3/q+1. The summed E-state index contributed by atoms with van der Waals surface area (Å²) < 4.78 is 0.991. The third-order valence-electron chi connectivity index (χ3n) is 1.02. The maximum atomic E-state index is 4.92. The molecule has 0 heterocycles. The van der Waals surface area contributed by atoms with Crippen LogP contribution < -0.4 is 5.84 Å². The van der Waals surface area contributed by atoms with Crippen LogP contribution in [0.3, 0.4) is 0 Å². The molecule has 0 aromatic carbocycles. The molecule has 0 fully saturated rings. The molecular weight excluding hydrogens is 146 g/mol. The Hall–Kier alpha value is -0.220. The maximum absolute atomic E-state index is 4.92. The van der Waals surface area contributed by atoms with E-state index in [0.29, 0.717) is 0 Å². The van der Waals surface area contributed by atoms with Crippen molar-refractivity contribution in [3.05, 3.63) is 0 Å². The highest BCUT2D eigenvalue weighted by Gasteiger charge is 2.04. The Balaban J connectivity index is 3.20. The van der Waals surface area contributed by atoms with Gasteiger partial charge in [-0.1, -0.05) is 0 Å². The molecule has 0 spiro atoms. The van der Waals surface area contributed by atoms with Crippen LogP contribution in [0.15, 0.2) is 5.10 Å². The minimum absolute atomic E-state index is 0.991. The molecule has 0 aromatic heterocycles. The highest BCUT2D eigenvalue weighted by atomic mass is 32.2. The third-order valence-corrected chi connectivity index (χ3v) is 1.70. The van der Waals surface area contributed by atoms with E-state index in [-0.39, 0.29) is 0 Å². The summed E-state index contributed by atoms with van der Waals surface area (Å²) in [6.07, 6.45) is 0. The van der Waals surface area contributed by atoms with Crippen LogP contribution >= 0.6 is 11.8 Å². The molecule has 0 radical (unpaired) electrons. The smallest absolute Gasteiger partial charge is 0.0876 e. The van der Waals surface area contributed by atoms with Gasteiger partial charge in [0.25, 0.3) is 0 Å². The Labute approximate surface area is 66.9 Å². The summed E-state index contributed by atoms with van der Waals surface area (Å²) in [4.78, 5) is 0. The van der Waals surface area contributed by atoms with E-state index in [1.807, 2.05) is 0 Å². The van der Waals surface area contributed by atoms with E-state index >= 15 is 0 Å². The van der Waals surface area contributed by atoms with Crippen LogP contribution in [-0.2, 0) is 0 Å². The highest BCUT2D eigenvalue weighted by Crippen LogP contribution is 1.97. The van der Waals surface area contributed by atoms with E-state index in [2.05, 4.69) is 26.2 Å². The van der Waals surface area contributed by atoms with E-state index < -0.39 is 0 Å². The van der Waals surface area contributed by atoms with Gasteiger partial charge in [0.1, 0.15) is 0 Å². The molecule has 0 aliphatic rings. The molecule has 0 atom stereocenters. The van der Waals surface area contributed by atoms with Gasteiger partial charge in [-0.3, -0.25) is 0 Å². The van der Waals surface area contributed by atoms with Crippen molar-refractivity contribution < 1.29 is 4.48 Å². The summed E-state index contributed by atoms with van der Waals surface area (Å²) in [7, 11) is 6.50. The van der Waals surface area contributed by atoms with Gasteiger partial charge in [0.15, 0.2) is 0 Å². The Morgan fingerprint density at radius 3 is 2.50 bits per heavy atom. The van der Waals surface area contributed by atoms with Gasteiger partial charge in [0.05, 0.1) is 33.2 Å². The first kappa shape index (κ1) is 9.78. The fraction of sp³-hybridized carbons (Fsp3) is 0.833. The predicted octanol–water partition coefficient (Wildman–Crippen LogP) is 0.328. The lowest BCUT2D eigenvalue weighted by atomic mass is 10.6. The number of nitrogens with zero attached hydrogens (tertiary/aromatic N) is 2. The summed E-state index contributed by atoms with van der Waals surface area (Å²) in [6.45, 7) is 1.14.